The van der Waals surface area contributed by atoms with E-state index in [1.165, 1.54) is 0 Å². The second-order valence-corrected chi connectivity index (χ2v) is 4.46. The number of nitrogen functional groups attached to an aromatic ring is 1. The van der Waals surface area contributed by atoms with E-state index in [1.54, 1.807) is 24.2 Å². The minimum Gasteiger partial charge on any atom is -0.468 e. The molecule has 0 bridgehead atoms. The van der Waals surface area contributed by atoms with Gasteiger partial charge < -0.3 is 4.42 Å². The summed E-state index contributed by atoms with van der Waals surface area (Å²) >= 11 is 1.54. The highest BCUT2D eigenvalue weighted by molar-refractivity contribution is 7.98. The van der Waals surface area contributed by atoms with Crippen LogP contribution in [0.2, 0.25) is 0 Å². The topological polar surface area (TPSA) is 106 Å². The van der Waals surface area contributed by atoms with Crippen LogP contribution in [0, 0.1) is 0 Å². The van der Waals surface area contributed by atoms with Crippen molar-refractivity contribution in [2.24, 2.45) is 5.84 Å². The van der Waals surface area contributed by atoms with E-state index in [9.17, 15) is 0 Å². The summed E-state index contributed by atoms with van der Waals surface area (Å²) in [6, 6.07) is 3.78. The van der Waals surface area contributed by atoms with Crippen molar-refractivity contribution in [1.82, 2.24) is 20.2 Å². The Balaban J connectivity index is 1.92. The second-order valence-electron chi connectivity index (χ2n) is 3.50. The van der Waals surface area contributed by atoms with Crippen molar-refractivity contribution in [1.29, 1.82) is 0 Å². The van der Waals surface area contributed by atoms with Crippen LogP contribution in [0.4, 0.5) is 5.95 Å². The van der Waals surface area contributed by atoms with Gasteiger partial charge in [-0.2, -0.15) is 10.1 Å². The summed E-state index contributed by atoms with van der Waals surface area (Å²) in [6.45, 7) is 0. The van der Waals surface area contributed by atoms with E-state index in [2.05, 4.69) is 25.6 Å². The number of H-pyrrole nitrogens is 1. The number of hydrazine groups is 1. The molecular formula is C10H10N6OS. The third-order valence-electron chi connectivity index (χ3n) is 2.34. The molecule has 3 aromatic heterocycles. The standard InChI is InChI=1S/C10H10N6OS/c11-15-10-13-8-7(4-12-16-8)9(14-10)18-5-6-2-1-3-17-6/h1-4H,5,11H2,(H2,12,13,14,15,16). The van der Waals surface area contributed by atoms with Gasteiger partial charge in [-0.1, -0.05) is 11.8 Å². The zero-order valence-electron chi connectivity index (χ0n) is 9.25. The van der Waals surface area contributed by atoms with Gasteiger partial charge >= 0.3 is 0 Å². The van der Waals surface area contributed by atoms with Crippen molar-refractivity contribution in [3.05, 3.63) is 30.4 Å². The van der Waals surface area contributed by atoms with Crippen LogP contribution in [0.25, 0.3) is 11.0 Å². The summed E-state index contributed by atoms with van der Waals surface area (Å²) in [6.07, 6.45) is 3.34. The molecule has 0 aliphatic rings. The lowest BCUT2D eigenvalue weighted by atomic mass is 10.4. The second kappa shape index (κ2) is 4.67. The summed E-state index contributed by atoms with van der Waals surface area (Å²) in [5.74, 6) is 7.26. The maximum absolute atomic E-state index is 5.33. The van der Waals surface area contributed by atoms with Crippen LogP contribution in [0.15, 0.2) is 34.0 Å². The third kappa shape index (κ3) is 2.03. The lowest BCUT2D eigenvalue weighted by molar-refractivity contribution is 0.530. The summed E-state index contributed by atoms with van der Waals surface area (Å²) < 4.78 is 5.28. The summed E-state index contributed by atoms with van der Waals surface area (Å²) in [4.78, 5) is 8.46. The Morgan fingerprint density at radius 2 is 2.39 bits per heavy atom. The van der Waals surface area contributed by atoms with Gasteiger partial charge in [0.15, 0.2) is 5.65 Å². The summed E-state index contributed by atoms with van der Waals surface area (Å²) in [5.41, 5.74) is 3.09. The van der Waals surface area contributed by atoms with E-state index >= 15 is 0 Å². The molecule has 0 aliphatic carbocycles. The van der Waals surface area contributed by atoms with Crippen LogP contribution in [-0.4, -0.2) is 20.2 Å². The van der Waals surface area contributed by atoms with Crippen LogP contribution in [0.1, 0.15) is 5.76 Å². The molecule has 8 heteroatoms. The van der Waals surface area contributed by atoms with Gasteiger partial charge in [0.05, 0.1) is 23.6 Å². The highest BCUT2D eigenvalue weighted by atomic mass is 32.2. The lowest BCUT2D eigenvalue weighted by Crippen LogP contribution is -2.10. The molecule has 3 rings (SSSR count). The van der Waals surface area contributed by atoms with Crippen molar-refractivity contribution < 1.29 is 4.42 Å². The Hall–Kier alpha value is -2.06. The number of nitrogens with one attached hydrogen (secondary N) is 2. The number of aromatic nitrogens is 4. The van der Waals surface area contributed by atoms with Gasteiger partial charge in [-0.3, -0.25) is 10.5 Å². The molecule has 0 fully saturated rings. The molecule has 3 heterocycles. The van der Waals surface area contributed by atoms with E-state index in [1.807, 2.05) is 12.1 Å². The molecule has 0 saturated heterocycles. The first-order valence-corrected chi connectivity index (χ1v) is 6.18. The molecule has 0 amide bonds. The number of hydrogen-bond donors (Lipinski definition) is 3. The molecule has 3 aromatic rings. The first-order valence-electron chi connectivity index (χ1n) is 5.20. The predicted octanol–water partition coefficient (Wildman–Crippen LogP) is 1.52. The average molecular weight is 262 g/mol. The van der Waals surface area contributed by atoms with Gasteiger partial charge in [-0.05, 0) is 12.1 Å². The predicted molar refractivity (Wildman–Crippen MR) is 67.8 cm³/mol. The van der Waals surface area contributed by atoms with Gasteiger partial charge in [-0.25, -0.2) is 10.8 Å². The zero-order chi connectivity index (χ0) is 12.4. The van der Waals surface area contributed by atoms with Crippen molar-refractivity contribution in [3.8, 4) is 0 Å². The number of rotatable bonds is 4. The van der Waals surface area contributed by atoms with Crippen molar-refractivity contribution in [3.63, 3.8) is 0 Å². The van der Waals surface area contributed by atoms with Gasteiger partial charge in [0.1, 0.15) is 10.8 Å². The molecule has 0 saturated carbocycles. The maximum Gasteiger partial charge on any atom is 0.240 e. The molecule has 7 nitrogen and oxygen atoms in total. The molecule has 4 N–H and O–H groups in total. The Morgan fingerprint density at radius 3 is 3.17 bits per heavy atom. The zero-order valence-corrected chi connectivity index (χ0v) is 10.1. The Bertz CT molecular complexity index is 649. The SMILES string of the molecule is NNc1nc(SCc2ccco2)c2cn[nH]c2n1. The number of thioether (sulfide) groups is 1. The fraction of sp³-hybridized carbons (Fsp3) is 0.100. The Labute approximate surface area is 106 Å². The minimum absolute atomic E-state index is 0.355. The lowest BCUT2D eigenvalue weighted by Gasteiger charge is -2.03. The molecule has 0 atom stereocenters. The van der Waals surface area contributed by atoms with Gasteiger partial charge in [0.2, 0.25) is 5.95 Å². The van der Waals surface area contributed by atoms with Crippen LogP contribution in [0.3, 0.4) is 0 Å². The smallest absolute Gasteiger partial charge is 0.240 e. The van der Waals surface area contributed by atoms with Crippen molar-refractivity contribution >= 4 is 28.7 Å². The van der Waals surface area contributed by atoms with E-state index in [0.717, 1.165) is 16.2 Å². The highest BCUT2D eigenvalue weighted by Gasteiger charge is 2.10. The first-order chi connectivity index (χ1) is 8.86. The van der Waals surface area contributed by atoms with E-state index in [-0.39, 0.29) is 0 Å². The minimum atomic E-state index is 0.355. The normalized spacial score (nSPS) is 10.9. The summed E-state index contributed by atoms with van der Waals surface area (Å²) in [7, 11) is 0. The van der Waals surface area contributed by atoms with E-state index in [4.69, 9.17) is 10.3 Å². The Morgan fingerprint density at radius 1 is 1.44 bits per heavy atom. The van der Waals surface area contributed by atoms with Crippen molar-refractivity contribution in [2.45, 2.75) is 10.8 Å². The van der Waals surface area contributed by atoms with Crippen LogP contribution < -0.4 is 11.3 Å². The van der Waals surface area contributed by atoms with Crippen LogP contribution >= 0.6 is 11.8 Å². The highest BCUT2D eigenvalue weighted by Crippen LogP contribution is 2.27. The largest absolute Gasteiger partial charge is 0.468 e. The summed E-state index contributed by atoms with van der Waals surface area (Å²) in [5, 5.41) is 8.41. The number of aromatic amines is 1. The fourth-order valence-corrected chi connectivity index (χ4v) is 2.42. The van der Waals surface area contributed by atoms with Gasteiger partial charge in [-0.15, -0.1) is 0 Å². The van der Waals surface area contributed by atoms with Crippen LogP contribution in [-0.2, 0) is 5.75 Å². The molecule has 0 spiro atoms. The monoisotopic (exact) mass is 262 g/mol. The van der Waals surface area contributed by atoms with Gasteiger partial charge in [0.25, 0.3) is 0 Å². The molecular weight excluding hydrogens is 252 g/mol. The van der Waals surface area contributed by atoms with Gasteiger partial charge in [0, 0.05) is 0 Å². The quantitative estimate of drug-likeness (QED) is 0.283. The fourth-order valence-electron chi connectivity index (χ4n) is 1.52. The average Bonchev–Trinajstić information content (AvgIpc) is 3.06. The Kier molecular flexibility index (Phi) is 2.87. The number of furan rings is 1. The van der Waals surface area contributed by atoms with E-state index in [0.29, 0.717) is 17.3 Å². The molecule has 0 aliphatic heterocycles. The molecule has 92 valence electrons. The molecule has 0 unspecified atom stereocenters. The molecule has 18 heavy (non-hydrogen) atoms. The number of nitrogens with two attached hydrogens (primary N) is 1. The first kappa shape index (κ1) is 11.1. The number of hydrogen-bond acceptors (Lipinski definition) is 7. The van der Waals surface area contributed by atoms with Crippen LogP contribution in [0.5, 0.6) is 0 Å². The number of anilines is 1. The number of nitrogens with zero attached hydrogens (tertiary/aromatic N) is 3. The molecule has 0 aromatic carbocycles. The molecule has 0 radical (unpaired) electrons. The van der Waals surface area contributed by atoms with Crippen molar-refractivity contribution in [2.75, 3.05) is 5.43 Å². The third-order valence-corrected chi connectivity index (χ3v) is 3.35. The number of fused-ring (bicyclic) bond motifs is 1. The maximum atomic E-state index is 5.33. The van der Waals surface area contributed by atoms with E-state index < -0.39 is 0 Å².